The van der Waals surface area contributed by atoms with E-state index in [2.05, 4.69) is 5.32 Å². The Bertz CT molecular complexity index is 522. The van der Waals surface area contributed by atoms with Crippen LogP contribution in [0.1, 0.15) is 39.2 Å². The fraction of sp³-hybridized carbons (Fsp3) is 0.588. The summed E-state index contributed by atoms with van der Waals surface area (Å²) in [5, 5.41) is 12.8. The van der Waals surface area contributed by atoms with Crippen molar-refractivity contribution in [1.82, 2.24) is 5.32 Å². The van der Waals surface area contributed by atoms with E-state index < -0.39 is 6.10 Å². The minimum absolute atomic E-state index is 0.00113. The van der Waals surface area contributed by atoms with Gasteiger partial charge in [-0.15, -0.1) is 0 Å². The predicted molar refractivity (Wildman–Crippen MR) is 84.0 cm³/mol. The molecule has 1 atom stereocenters. The summed E-state index contributed by atoms with van der Waals surface area (Å²) >= 11 is 0. The fourth-order valence-electron chi connectivity index (χ4n) is 2.22. The second kappa shape index (κ2) is 7.01. The van der Waals surface area contributed by atoms with Gasteiger partial charge in [0.05, 0.1) is 6.10 Å². The first-order valence-corrected chi connectivity index (χ1v) is 7.69. The Morgan fingerprint density at radius 2 is 2.05 bits per heavy atom. The molecule has 0 radical (unpaired) electrons. The third kappa shape index (κ3) is 4.63. The van der Waals surface area contributed by atoms with E-state index in [1.165, 1.54) is 0 Å². The summed E-state index contributed by atoms with van der Waals surface area (Å²) in [6.45, 7) is 6.71. The van der Waals surface area contributed by atoms with Gasteiger partial charge in [-0.2, -0.15) is 0 Å². The van der Waals surface area contributed by atoms with Gasteiger partial charge in [-0.3, -0.25) is 4.79 Å². The SMILES string of the molecule is CC(C)(C)[C@H](O)CCNC(=O)CCc1ccc2c(c1)OCO2. The molecule has 5 nitrogen and oxygen atoms in total. The van der Waals surface area contributed by atoms with Gasteiger partial charge >= 0.3 is 0 Å². The second-order valence-corrected chi connectivity index (χ2v) is 6.71. The minimum Gasteiger partial charge on any atom is -0.454 e. The molecule has 1 amide bonds. The summed E-state index contributed by atoms with van der Waals surface area (Å²) in [6.07, 6.45) is 1.23. The molecule has 22 heavy (non-hydrogen) atoms. The molecule has 0 saturated heterocycles. The van der Waals surface area contributed by atoms with Crippen LogP contribution < -0.4 is 14.8 Å². The number of aliphatic hydroxyl groups excluding tert-OH is 1. The summed E-state index contributed by atoms with van der Waals surface area (Å²) in [4.78, 5) is 11.8. The molecule has 1 aliphatic rings. The van der Waals surface area contributed by atoms with Crippen LogP contribution in [-0.2, 0) is 11.2 Å². The molecule has 0 unspecified atom stereocenters. The first-order chi connectivity index (χ1) is 10.4. The molecule has 1 aliphatic heterocycles. The van der Waals surface area contributed by atoms with E-state index in [9.17, 15) is 9.90 Å². The van der Waals surface area contributed by atoms with Crippen LogP contribution in [0.2, 0.25) is 0 Å². The summed E-state index contributed by atoms with van der Waals surface area (Å²) in [6, 6.07) is 5.73. The van der Waals surface area contributed by atoms with Crippen molar-refractivity contribution >= 4 is 5.91 Å². The highest BCUT2D eigenvalue weighted by Gasteiger charge is 2.21. The number of hydrogen-bond acceptors (Lipinski definition) is 4. The van der Waals surface area contributed by atoms with Crippen LogP contribution in [0.15, 0.2) is 18.2 Å². The monoisotopic (exact) mass is 307 g/mol. The maximum atomic E-state index is 11.8. The molecule has 122 valence electrons. The third-order valence-corrected chi connectivity index (χ3v) is 3.82. The van der Waals surface area contributed by atoms with Gasteiger partial charge in [0.25, 0.3) is 0 Å². The summed E-state index contributed by atoms with van der Waals surface area (Å²) in [5.41, 5.74) is 0.895. The minimum atomic E-state index is -0.415. The number of aryl methyl sites for hydroxylation is 1. The molecule has 1 heterocycles. The quantitative estimate of drug-likeness (QED) is 0.846. The van der Waals surface area contributed by atoms with Gasteiger partial charge in [0.2, 0.25) is 12.7 Å². The molecular weight excluding hydrogens is 282 g/mol. The molecule has 5 heteroatoms. The maximum Gasteiger partial charge on any atom is 0.231 e. The zero-order valence-electron chi connectivity index (χ0n) is 13.5. The van der Waals surface area contributed by atoms with Crippen molar-refractivity contribution in [2.24, 2.45) is 5.41 Å². The van der Waals surface area contributed by atoms with Gasteiger partial charge in [-0.05, 0) is 36.0 Å². The van der Waals surface area contributed by atoms with Crippen LogP contribution in [0.3, 0.4) is 0 Å². The van der Waals surface area contributed by atoms with E-state index in [0.717, 1.165) is 17.1 Å². The highest BCUT2D eigenvalue weighted by Crippen LogP contribution is 2.32. The number of amides is 1. The zero-order chi connectivity index (χ0) is 16.2. The largest absolute Gasteiger partial charge is 0.454 e. The Kier molecular flexibility index (Phi) is 5.29. The van der Waals surface area contributed by atoms with Crippen LogP contribution in [0, 0.1) is 5.41 Å². The van der Waals surface area contributed by atoms with Gasteiger partial charge in [0.15, 0.2) is 11.5 Å². The average Bonchev–Trinajstić information content (AvgIpc) is 2.91. The Morgan fingerprint density at radius 1 is 1.32 bits per heavy atom. The highest BCUT2D eigenvalue weighted by atomic mass is 16.7. The standard InChI is InChI=1S/C17H25NO4/c1-17(2,3)15(19)8-9-18-16(20)7-5-12-4-6-13-14(10-12)22-11-21-13/h4,6,10,15,19H,5,7-9,11H2,1-3H3,(H,18,20)/t15-/m1/s1. The number of rotatable bonds is 6. The van der Waals surface area contributed by atoms with Gasteiger partial charge in [0, 0.05) is 13.0 Å². The molecule has 1 aromatic carbocycles. The predicted octanol–water partition coefficient (Wildman–Crippen LogP) is 2.26. The number of carbonyl (C=O) groups excluding carboxylic acids is 1. The van der Waals surface area contributed by atoms with Crippen molar-refractivity contribution in [2.75, 3.05) is 13.3 Å². The van der Waals surface area contributed by atoms with Crippen LogP contribution in [0.5, 0.6) is 11.5 Å². The number of hydrogen-bond donors (Lipinski definition) is 2. The lowest BCUT2D eigenvalue weighted by Crippen LogP contribution is -2.32. The lowest BCUT2D eigenvalue weighted by atomic mass is 9.87. The highest BCUT2D eigenvalue weighted by molar-refractivity contribution is 5.76. The number of ether oxygens (including phenoxy) is 2. The fourth-order valence-corrected chi connectivity index (χ4v) is 2.22. The first-order valence-electron chi connectivity index (χ1n) is 7.69. The maximum absolute atomic E-state index is 11.8. The first kappa shape index (κ1) is 16.6. The molecule has 2 rings (SSSR count). The van der Waals surface area contributed by atoms with Gasteiger partial charge in [-0.25, -0.2) is 0 Å². The number of carbonyl (C=O) groups is 1. The lowest BCUT2D eigenvalue weighted by Gasteiger charge is -2.25. The zero-order valence-corrected chi connectivity index (χ0v) is 13.5. The molecule has 1 aromatic rings. The van der Waals surface area contributed by atoms with Crippen molar-refractivity contribution in [1.29, 1.82) is 0 Å². The van der Waals surface area contributed by atoms with E-state index in [0.29, 0.717) is 25.8 Å². The molecule has 0 spiro atoms. The van der Waals surface area contributed by atoms with Crippen LogP contribution >= 0.6 is 0 Å². The molecular formula is C17H25NO4. The average molecular weight is 307 g/mol. The van der Waals surface area contributed by atoms with E-state index in [1.807, 2.05) is 39.0 Å². The topological polar surface area (TPSA) is 67.8 Å². The molecule has 0 aliphatic carbocycles. The normalized spacial score (nSPS) is 14.7. The van der Waals surface area contributed by atoms with Gasteiger partial charge < -0.3 is 19.9 Å². The molecule has 0 saturated carbocycles. The molecule has 0 fully saturated rings. The molecule has 0 aromatic heterocycles. The Labute approximate surface area is 131 Å². The Hall–Kier alpha value is -1.75. The lowest BCUT2D eigenvalue weighted by molar-refractivity contribution is -0.121. The van der Waals surface area contributed by atoms with Gasteiger partial charge in [0.1, 0.15) is 0 Å². The number of fused-ring (bicyclic) bond motifs is 1. The summed E-state index contributed by atoms with van der Waals surface area (Å²) in [5.74, 6) is 1.49. The van der Waals surface area contributed by atoms with Crippen molar-refractivity contribution in [2.45, 2.75) is 46.1 Å². The van der Waals surface area contributed by atoms with Crippen molar-refractivity contribution in [3.05, 3.63) is 23.8 Å². The van der Waals surface area contributed by atoms with Crippen LogP contribution in [0.4, 0.5) is 0 Å². The van der Waals surface area contributed by atoms with E-state index >= 15 is 0 Å². The molecule has 2 N–H and O–H groups in total. The van der Waals surface area contributed by atoms with Crippen LogP contribution in [0.25, 0.3) is 0 Å². The number of nitrogens with one attached hydrogen (secondary N) is 1. The summed E-state index contributed by atoms with van der Waals surface area (Å²) in [7, 11) is 0. The van der Waals surface area contributed by atoms with Crippen molar-refractivity contribution in [3.8, 4) is 11.5 Å². The number of benzene rings is 1. The summed E-state index contributed by atoms with van der Waals surface area (Å²) < 4.78 is 10.6. The van der Waals surface area contributed by atoms with E-state index in [1.54, 1.807) is 0 Å². The van der Waals surface area contributed by atoms with E-state index in [4.69, 9.17) is 9.47 Å². The Morgan fingerprint density at radius 3 is 2.77 bits per heavy atom. The number of aliphatic hydroxyl groups is 1. The van der Waals surface area contributed by atoms with Gasteiger partial charge in [-0.1, -0.05) is 26.8 Å². The van der Waals surface area contributed by atoms with Crippen molar-refractivity contribution in [3.63, 3.8) is 0 Å². The smallest absolute Gasteiger partial charge is 0.231 e. The molecule has 0 bridgehead atoms. The Balaban J connectivity index is 1.70. The third-order valence-electron chi connectivity index (χ3n) is 3.82. The van der Waals surface area contributed by atoms with E-state index in [-0.39, 0.29) is 18.1 Å². The van der Waals surface area contributed by atoms with Crippen molar-refractivity contribution < 1.29 is 19.4 Å². The second-order valence-electron chi connectivity index (χ2n) is 6.71. The van der Waals surface area contributed by atoms with Crippen LogP contribution in [-0.4, -0.2) is 30.5 Å².